The Bertz CT molecular complexity index is 876. The third-order valence-electron chi connectivity index (χ3n) is 7.63. The average molecular weight is 516 g/mol. The van der Waals surface area contributed by atoms with Crippen molar-refractivity contribution in [3.8, 4) is 0 Å². The maximum atomic E-state index is 13.2. The molecule has 200 valence electrons. The summed E-state index contributed by atoms with van der Waals surface area (Å²) < 4.78 is 92.4. The summed E-state index contributed by atoms with van der Waals surface area (Å²) in [6.45, 7) is 11.4. The van der Waals surface area contributed by atoms with Gasteiger partial charge in [0.05, 0.1) is 5.41 Å². The van der Waals surface area contributed by atoms with E-state index in [0.29, 0.717) is 6.42 Å². The number of carbonyl (C=O) groups excluding carboxylic acids is 3. The summed E-state index contributed by atoms with van der Waals surface area (Å²) in [5, 5.41) is 0. The summed E-state index contributed by atoms with van der Waals surface area (Å²) in [5.74, 6) is -5.50. The normalized spacial score (nSPS) is 32.1. The molecule has 6 atom stereocenters. The smallest absolute Gasteiger partial charge is 0.434 e. The molecule has 0 amide bonds. The minimum absolute atomic E-state index is 0.0732. The Morgan fingerprint density at radius 3 is 2.06 bits per heavy atom. The summed E-state index contributed by atoms with van der Waals surface area (Å²) in [4.78, 5) is 38.5. The second-order valence-electron chi connectivity index (χ2n) is 11.7. The lowest BCUT2D eigenvalue weighted by molar-refractivity contribution is -0.315. The van der Waals surface area contributed by atoms with Gasteiger partial charge in [-0.1, -0.05) is 34.6 Å². The van der Waals surface area contributed by atoms with Crippen LogP contribution in [-0.2, 0) is 28.6 Å². The van der Waals surface area contributed by atoms with Gasteiger partial charge in [-0.3, -0.25) is 14.4 Å². The van der Waals surface area contributed by atoms with Crippen molar-refractivity contribution in [3.05, 3.63) is 0 Å². The van der Waals surface area contributed by atoms with Crippen molar-refractivity contribution in [2.75, 3.05) is 0 Å². The molecule has 0 N–H and O–H groups in total. The minimum Gasteiger partial charge on any atom is -0.458 e. The summed E-state index contributed by atoms with van der Waals surface area (Å²) in [5.41, 5.74) is -3.40. The number of ether oxygens (including phenoxy) is 3. The second kappa shape index (κ2) is 8.26. The van der Waals surface area contributed by atoms with Crippen LogP contribution in [0, 0.1) is 34.0 Å². The Kier molecular flexibility index (Phi) is 6.51. The minimum atomic E-state index is -5.91. The van der Waals surface area contributed by atoms with Gasteiger partial charge in [0.15, 0.2) is 5.41 Å². The van der Waals surface area contributed by atoms with E-state index < -0.39 is 77.7 Å². The first-order valence-electron chi connectivity index (χ1n) is 11.4. The van der Waals surface area contributed by atoms with Gasteiger partial charge in [-0.25, -0.2) is 0 Å². The number of esters is 3. The molecule has 12 heteroatoms. The van der Waals surface area contributed by atoms with Crippen molar-refractivity contribution in [2.24, 2.45) is 34.0 Å². The van der Waals surface area contributed by atoms with E-state index in [4.69, 9.17) is 9.47 Å². The zero-order valence-electron chi connectivity index (χ0n) is 20.3. The van der Waals surface area contributed by atoms with Gasteiger partial charge in [-0.05, 0) is 37.5 Å². The molecule has 1 heterocycles. The molecule has 0 aromatic rings. The van der Waals surface area contributed by atoms with E-state index in [1.54, 1.807) is 6.92 Å². The molecule has 6 nitrogen and oxygen atoms in total. The predicted octanol–water partition coefficient (Wildman–Crippen LogP) is 4.98. The van der Waals surface area contributed by atoms with Crippen molar-refractivity contribution in [2.45, 2.75) is 91.5 Å². The van der Waals surface area contributed by atoms with E-state index >= 15 is 0 Å². The van der Waals surface area contributed by atoms with Gasteiger partial charge in [-0.2, -0.15) is 26.3 Å². The fourth-order valence-corrected chi connectivity index (χ4v) is 5.83. The summed E-state index contributed by atoms with van der Waals surface area (Å²) in [6, 6.07) is 0. The molecule has 1 aliphatic heterocycles. The average Bonchev–Trinajstić information content (AvgIpc) is 3.24. The van der Waals surface area contributed by atoms with Crippen molar-refractivity contribution in [1.82, 2.24) is 0 Å². The number of hydrogen-bond acceptors (Lipinski definition) is 6. The fraction of sp³-hybridized carbons (Fsp3) is 0.870. The topological polar surface area (TPSA) is 78.9 Å². The Hall–Kier alpha value is -2.01. The Morgan fingerprint density at radius 1 is 1.06 bits per heavy atom. The van der Waals surface area contributed by atoms with Crippen molar-refractivity contribution in [1.29, 1.82) is 0 Å². The monoisotopic (exact) mass is 516 g/mol. The van der Waals surface area contributed by atoms with Crippen LogP contribution in [0.4, 0.5) is 26.3 Å². The second-order valence-corrected chi connectivity index (χ2v) is 11.7. The van der Waals surface area contributed by atoms with Crippen LogP contribution < -0.4 is 0 Å². The van der Waals surface area contributed by atoms with E-state index in [2.05, 4.69) is 4.74 Å². The molecular formula is C23H30F6O6. The first-order chi connectivity index (χ1) is 15.6. The van der Waals surface area contributed by atoms with Gasteiger partial charge in [0.2, 0.25) is 0 Å². The summed E-state index contributed by atoms with van der Waals surface area (Å²) in [6.07, 6.45) is -18.1. The van der Waals surface area contributed by atoms with Gasteiger partial charge in [-0.15, -0.1) is 0 Å². The third kappa shape index (κ3) is 4.61. The molecule has 1 saturated heterocycles. The van der Waals surface area contributed by atoms with Gasteiger partial charge in [0, 0.05) is 11.8 Å². The molecule has 3 fully saturated rings. The number of halogens is 6. The SMILES string of the molecule is CC(C)C(C)(CC(C)(C)C)C(=O)OC1C2CC3C1OC(=O)C3(C(=O)OC(C(F)(F)F)C(F)(F)F)C2. The number of carbonyl (C=O) groups is 3. The molecule has 0 radical (unpaired) electrons. The Labute approximate surface area is 199 Å². The van der Waals surface area contributed by atoms with Gasteiger partial charge in [0.25, 0.3) is 6.10 Å². The lowest BCUT2D eigenvalue weighted by Crippen LogP contribution is -2.52. The van der Waals surface area contributed by atoms with E-state index in [9.17, 15) is 40.7 Å². The van der Waals surface area contributed by atoms with Crippen LogP contribution in [0.1, 0.15) is 60.8 Å². The number of alkyl halides is 6. The number of hydrogen-bond donors (Lipinski definition) is 0. The highest BCUT2D eigenvalue weighted by Gasteiger charge is 2.76. The van der Waals surface area contributed by atoms with Crippen LogP contribution in [-0.4, -0.2) is 48.6 Å². The number of rotatable bonds is 6. The van der Waals surface area contributed by atoms with Crippen LogP contribution in [0.2, 0.25) is 0 Å². The van der Waals surface area contributed by atoms with E-state index in [0.717, 1.165) is 0 Å². The summed E-state index contributed by atoms with van der Waals surface area (Å²) in [7, 11) is 0. The highest BCUT2D eigenvalue weighted by atomic mass is 19.4. The first kappa shape index (κ1) is 27.6. The molecule has 0 aromatic carbocycles. The Balaban J connectivity index is 1.81. The molecule has 2 saturated carbocycles. The highest BCUT2D eigenvalue weighted by Crippen LogP contribution is 2.63. The maximum Gasteiger partial charge on any atom is 0.434 e. The van der Waals surface area contributed by atoms with Crippen LogP contribution in [0.15, 0.2) is 0 Å². The van der Waals surface area contributed by atoms with Crippen LogP contribution in [0.5, 0.6) is 0 Å². The quantitative estimate of drug-likeness (QED) is 0.214. The zero-order valence-corrected chi connectivity index (χ0v) is 20.3. The van der Waals surface area contributed by atoms with Crippen LogP contribution in [0.25, 0.3) is 0 Å². The summed E-state index contributed by atoms with van der Waals surface area (Å²) >= 11 is 0. The molecule has 3 rings (SSSR count). The predicted molar refractivity (Wildman–Crippen MR) is 107 cm³/mol. The van der Waals surface area contributed by atoms with E-state index in [1.807, 2.05) is 34.6 Å². The molecule has 0 spiro atoms. The third-order valence-corrected chi connectivity index (χ3v) is 7.63. The van der Waals surface area contributed by atoms with Gasteiger partial charge >= 0.3 is 30.3 Å². The van der Waals surface area contributed by atoms with Gasteiger partial charge in [0.1, 0.15) is 12.2 Å². The molecule has 2 aliphatic carbocycles. The standard InChI is InChI=1S/C23H30F6O6/c1-10(2)20(6,9-19(3,4)5)16(30)33-13-11-7-12-14(13)34-17(31)21(12,8-11)18(32)35-15(22(24,25)26)23(27,28)29/h10-15H,7-9H2,1-6H3. The van der Waals surface area contributed by atoms with Gasteiger partial charge < -0.3 is 14.2 Å². The molecule has 2 bridgehead atoms. The molecule has 0 aromatic heterocycles. The molecular weight excluding hydrogens is 486 g/mol. The Morgan fingerprint density at radius 2 is 1.60 bits per heavy atom. The van der Waals surface area contributed by atoms with Crippen molar-refractivity contribution >= 4 is 17.9 Å². The van der Waals surface area contributed by atoms with Crippen LogP contribution >= 0.6 is 0 Å². The molecule has 3 aliphatic rings. The van der Waals surface area contributed by atoms with Crippen LogP contribution in [0.3, 0.4) is 0 Å². The first-order valence-corrected chi connectivity index (χ1v) is 11.4. The molecule has 35 heavy (non-hydrogen) atoms. The lowest BCUT2D eigenvalue weighted by Gasteiger charge is -2.39. The largest absolute Gasteiger partial charge is 0.458 e. The lowest BCUT2D eigenvalue weighted by atomic mass is 9.68. The zero-order chi connectivity index (χ0) is 26.9. The highest BCUT2D eigenvalue weighted by molar-refractivity contribution is 6.03. The van der Waals surface area contributed by atoms with E-state index in [-0.39, 0.29) is 17.8 Å². The fourth-order valence-electron chi connectivity index (χ4n) is 5.83. The maximum absolute atomic E-state index is 13.2. The van der Waals surface area contributed by atoms with Crippen molar-refractivity contribution in [3.63, 3.8) is 0 Å². The molecule has 6 unspecified atom stereocenters. The number of fused-ring (bicyclic) bond motifs is 1. The van der Waals surface area contributed by atoms with E-state index in [1.165, 1.54) is 0 Å². The van der Waals surface area contributed by atoms with Crippen molar-refractivity contribution < 1.29 is 54.9 Å².